The van der Waals surface area contributed by atoms with Crippen LogP contribution in [0.2, 0.25) is 5.02 Å². The Morgan fingerprint density at radius 1 is 1.26 bits per heavy atom. The van der Waals surface area contributed by atoms with Gasteiger partial charge >= 0.3 is 0 Å². The van der Waals surface area contributed by atoms with Gasteiger partial charge in [0, 0.05) is 26.4 Å². The van der Waals surface area contributed by atoms with E-state index in [2.05, 4.69) is 21.2 Å². The highest BCUT2D eigenvalue weighted by molar-refractivity contribution is 9.10. The molecule has 98 valence electrons. The second-order valence-electron chi connectivity index (χ2n) is 4.19. The standard InChI is InChI=1S/C14H12BrClN2O/c1-8-2-3-10(15)6-13(8)18-14(19)9-4-11(16)7-12(17)5-9/h2-7H,17H2,1H3,(H,18,19). The van der Waals surface area contributed by atoms with E-state index in [0.717, 1.165) is 15.7 Å². The van der Waals surface area contributed by atoms with E-state index >= 15 is 0 Å². The molecule has 0 aliphatic rings. The number of carbonyl (C=O) groups is 1. The minimum absolute atomic E-state index is 0.240. The minimum Gasteiger partial charge on any atom is -0.399 e. The quantitative estimate of drug-likeness (QED) is 0.804. The first-order valence-corrected chi connectivity index (χ1v) is 6.76. The van der Waals surface area contributed by atoms with Gasteiger partial charge in [0.15, 0.2) is 0 Å². The topological polar surface area (TPSA) is 55.1 Å². The summed E-state index contributed by atoms with van der Waals surface area (Å²) in [4.78, 5) is 12.1. The Hall–Kier alpha value is -1.52. The van der Waals surface area contributed by atoms with E-state index in [-0.39, 0.29) is 5.91 Å². The van der Waals surface area contributed by atoms with Gasteiger partial charge in [-0.1, -0.05) is 33.6 Å². The van der Waals surface area contributed by atoms with Crippen LogP contribution in [-0.4, -0.2) is 5.91 Å². The van der Waals surface area contributed by atoms with E-state index in [4.69, 9.17) is 17.3 Å². The number of nitrogens with two attached hydrogens (primary N) is 1. The van der Waals surface area contributed by atoms with Crippen molar-refractivity contribution in [3.05, 3.63) is 57.0 Å². The summed E-state index contributed by atoms with van der Waals surface area (Å²) in [5, 5.41) is 3.28. The summed E-state index contributed by atoms with van der Waals surface area (Å²) in [5.74, 6) is -0.240. The maximum Gasteiger partial charge on any atom is 0.255 e. The number of nitrogen functional groups attached to an aromatic ring is 1. The molecule has 2 rings (SSSR count). The Labute approximate surface area is 124 Å². The second kappa shape index (κ2) is 5.63. The van der Waals surface area contributed by atoms with Crippen LogP contribution in [0.3, 0.4) is 0 Å². The van der Waals surface area contributed by atoms with E-state index in [1.807, 2.05) is 25.1 Å². The molecular weight excluding hydrogens is 328 g/mol. The largest absolute Gasteiger partial charge is 0.399 e. The summed E-state index contributed by atoms with van der Waals surface area (Å²) < 4.78 is 0.902. The third-order valence-electron chi connectivity index (χ3n) is 2.63. The van der Waals surface area contributed by atoms with Crippen LogP contribution in [0.4, 0.5) is 11.4 Å². The van der Waals surface area contributed by atoms with E-state index in [0.29, 0.717) is 16.3 Å². The van der Waals surface area contributed by atoms with Gasteiger partial charge in [-0.2, -0.15) is 0 Å². The number of anilines is 2. The second-order valence-corrected chi connectivity index (χ2v) is 5.54. The number of halogens is 2. The van der Waals surface area contributed by atoms with Crippen molar-refractivity contribution in [2.24, 2.45) is 0 Å². The molecule has 2 aromatic carbocycles. The number of hydrogen-bond acceptors (Lipinski definition) is 2. The van der Waals surface area contributed by atoms with Crippen molar-refractivity contribution in [3.63, 3.8) is 0 Å². The normalized spacial score (nSPS) is 10.3. The summed E-state index contributed by atoms with van der Waals surface area (Å²) in [5.41, 5.74) is 8.30. The van der Waals surface area contributed by atoms with Gasteiger partial charge in [0.05, 0.1) is 0 Å². The molecule has 0 aliphatic carbocycles. The summed E-state index contributed by atoms with van der Waals surface area (Å²) >= 11 is 9.26. The average Bonchev–Trinajstić information content (AvgIpc) is 2.32. The number of nitrogens with one attached hydrogen (secondary N) is 1. The molecule has 3 N–H and O–H groups in total. The van der Waals surface area contributed by atoms with Gasteiger partial charge in [0.1, 0.15) is 0 Å². The molecule has 0 saturated carbocycles. The lowest BCUT2D eigenvalue weighted by atomic mass is 10.1. The first-order chi connectivity index (χ1) is 8.95. The van der Waals surface area contributed by atoms with Crippen molar-refractivity contribution in [2.75, 3.05) is 11.1 Å². The molecule has 0 atom stereocenters. The van der Waals surface area contributed by atoms with E-state index < -0.39 is 0 Å². The van der Waals surface area contributed by atoms with Crippen LogP contribution in [0, 0.1) is 6.92 Å². The van der Waals surface area contributed by atoms with Gasteiger partial charge in [-0.3, -0.25) is 4.79 Å². The Kier molecular flexibility index (Phi) is 4.12. The van der Waals surface area contributed by atoms with Crippen LogP contribution >= 0.6 is 27.5 Å². The molecule has 0 fully saturated rings. The summed E-state index contributed by atoms with van der Waals surface area (Å²) in [6.07, 6.45) is 0. The molecule has 5 heteroatoms. The highest BCUT2D eigenvalue weighted by Crippen LogP contribution is 2.22. The van der Waals surface area contributed by atoms with Crippen molar-refractivity contribution in [2.45, 2.75) is 6.92 Å². The zero-order valence-corrected chi connectivity index (χ0v) is 12.5. The fourth-order valence-corrected chi connectivity index (χ4v) is 2.27. The Balaban J connectivity index is 2.28. The number of amides is 1. The van der Waals surface area contributed by atoms with E-state index in [1.54, 1.807) is 18.2 Å². The number of hydrogen-bond donors (Lipinski definition) is 2. The fourth-order valence-electron chi connectivity index (χ4n) is 1.67. The lowest BCUT2D eigenvalue weighted by Crippen LogP contribution is -2.13. The predicted molar refractivity (Wildman–Crippen MR) is 82.7 cm³/mol. The molecule has 3 nitrogen and oxygen atoms in total. The first kappa shape index (κ1) is 13.9. The molecule has 0 spiro atoms. The Morgan fingerprint density at radius 3 is 2.68 bits per heavy atom. The monoisotopic (exact) mass is 338 g/mol. The molecule has 0 aromatic heterocycles. The Bertz CT molecular complexity index is 623. The molecule has 0 unspecified atom stereocenters. The lowest BCUT2D eigenvalue weighted by molar-refractivity contribution is 0.102. The van der Waals surface area contributed by atoms with E-state index in [9.17, 15) is 4.79 Å². The summed E-state index contributed by atoms with van der Waals surface area (Å²) in [7, 11) is 0. The highest BCUT2D eigenvalue weighted by Gasteiger charge is 2.09. The molecule has 0 saturated heterocycles. The summed E-state index contributed by atoms with van der Waals surface area (Å²) in [6.45, 7) is 1.92. The van der Waals surface area contributed by atoms with Crippen molar-refractivity contribution in [1.82, 2.24) is 0 Å². The van der Waals surface area contributed by atoms with Crippen LogP contribution < -0.4 is 11.1 Å². The fraction of sp³-hybridized carbons (Fsp3) is 0.0714. The zero-order valence-electron chi connectivity index (χ0n) is 10.2. The maximum atomic E-state index is 12.1. The predicted octanol–water partition coefficient (Wildman–Crippen LogP) is 4.25. The molecule has 0 radical (unpaired) electrons. The maximum absolute atomic E-state index is 12.1. The van der Waals surface area contributed by atoms with Crippen molar-refractivity contribution < 1.29 is 4.79 Å². The number of benzene rings is 2. The van der Waals surface area contributed by atoms with E-state index in [1.165, 1.54) is 0 Å². The SMILES string of the molecule is Cc1ccc(Br)cc1NC(=O)c1cc(N)cc(Cl)c1. The van der Waals surface area contributed by atoms with Crippen LogP contribution in [0.5, 0.6) is 0 Å². The third-order valence-corrected chi connectivity index (χ3v) is 3.34. The zero-order chi connectivity index (χ0) is 14.0. The third kappa shape index (κ3) is 3.49. The highest BCUT2D eigenvalue weighted by atomic mass is 79.9. The van der Waals surface area contributed by atoms with Gasteiger partial charge in [0.25, 0.3) is 5.91 Å². The number of rotatable bonds is 2. The van der Waals surface area contributed by atoms with Crippen LogP contribution in [0.15, 0.2) is 40.9 Å². The van der Waals surface area contributed by atoms with Gasteiger partial charge in [-0.25, -0.2) is 0 Å². The van der Waals surface area contributed by atoms with Gasteiger partial charge < -0.3 is 11.1 Å². The molecule has 0 bridgehead atoms. The molecular formula is C14H12BrClN2O. The average molecular weight is 340 g/mol. The molecule has 19 heavy (non-hydrogen) atoms. The number of carbonyl (C=O) groups excluding carboxylic acids is 1. The minimum atomic E-state index is -0.240. The molecule has 2 aromatic rings. The van der Waals surface area contributed by atoms with Gasteiger partial charge in [-0.05, 0) is 42.8 Å². The molecule has 0 aliphatic heterocycles. The smallest absolute Gasteiger partial charge is 0.255 e. The van der Waals surface area contributed by atoms with Gasteiger partial charge in [0.2, 0.25) is 0 Å². The van der Waals surface area contributed by atoms with Gasteiger partial charge in [-0.15, -0.1) is 0 Å². The number of aryl methyl sites for hydroxylation is 1. The van der Waals surface area contributed by atoms with Crippen molar-refractivity contribution >= 4 is 44.8 Å². The lowest BCUT2D eigenvalue weighted by Gasteiger charge is -2.09. The molecule has 1 amide bonds. The summed E-state index contributed by atoms with van der Waals surface area (Å²) in [6, 6.07) is 10.5. The van der Waals surface area contributed by atoms with Crippen LogP contribution in [-0.2, 0) is 0 Å². The van der Waals surface area contributed by atoms with Crippen LogP contribution in [0.1, 0.15) is 15.9 Å². The Morgan fingerprint density at radius 2 is 2.00 bits per heavy atom. The van der Waals surface area contributed by atoms with Crippen molar-refractivity contribution in [3.8, 4) is 0 Å². The van der Waals surface area contributed by atoms with Crippen molar-refractivity contribution in [1.29, 1.82) is 0 Å². The van der Waals surface area contributed by atoms with Crippen LogP contribution in [0.25, 0.3) is 0 Å². The first-order valence-electron chi connectivity index (χ1n) is 5.59. The molecule has 0 heterocycles.